The smallest absolute Gasteiger partial charge is 0.326 e. The van der Waals surface area contributed by atoms with Gasteiger partial charge in [0.05, 0.1) is 28.3 Å². The van der Waals surface area contributed by atoms with Crippen molar-refractivity contribution < 1.29 is 27.5 Å². The summed E-state index contributed by atoms with van der Waals surface area (Å²) in [6, 6.07) is 11.2. The van der Waals surface area contributed by atoms with Gasteiger partial charge >= 0.3 is 5.97 Å². The second kappa shape index (κ2) is 13.0. The Morgan fingerprint density at radius 2 is 1.76 bits per heavy atom. The predicted octanol–water partition coefficient (Wildman–Crippen LogP) is 4.22. The van der Waals surface area contributed by atoms with Gasteiger partial charge in [0.15, 0.2) is 4.80 Å². The first-order valence-electron chi connectivity index (χ1n) is 12.4. The molecule has 9 nitrogen and oxygen atoms in total. The van der Waals surface area contributed by atoms with Crippen molar-refractivity contribution >= 4 is 43.5 Å². The third-order valence-corrected chi connectivity index (χ3v) is 8.64. The number of ether oxygens (including phenoxy) is 2. The Hall–Kier alpha value is -3.02. The summed E-state index contributed by atoms with van der Waals surface area (Å²) in [5, 5.41) is 0. The quantitative estimate of drug-likeness (QED) is 0.314. The largest absolute Gasteiger partial charge is 0.494 e. The molecule has 1 aromatic heterocycles. The van der Waals surface area contributed by atoms with Crippen LogP contribution >= 0.6 is 11.3 Å². The minimum Gasteiger partial charge on any atom is -0.494 e. The molecule has 0 radical (unpaired) electrons. The van der Waals surface area contributed by atoms with E-state index in [0.717, 1.165) is 23.1 Å². The molecule has 0 bridgehead atoms. The second-order valence-corrected chi connectivity index (χ2v) is 11.1. The van der Waals surface area contributed by atoms with E-state index in [1.54, 1.807) is 24.5 Å². The zero-order chi connectivity index (χ0) is 27.0. The van der Waals surface area contributed by atoms with Crippen LogP contribution in [0.1, 0.15) is 50.9 Å². The lowest BCUT2D eigenvalue weighted by atomic mass is 10.2. The maximum atomic E-state index is 13.0. The molecule has 0 saturated heterocycles. The van der Waals surface area contributed by atoms with Gasteiger partial charge in [-0.2, -0.15) is 9.30 Å². The number of aromatic nitrogens is 1. The Balaban J connectivity index is 1.97. The minimum atomic E-state index is -3.65. The summed E-state index contributed by atoms with van der Waals surface area (Å²) < 4.78 is 40.5. The average molecular weight is 548 g/mol. The van der Waals surface area contributed by atoms with Crippen LogP contribution < -0.4 is 9.54 Å². The molecular formula is C26H33N3O6S2. The third-order valence-electron chi connectivity index (χ3n) is 5.61. The second-order valence-electron chi connectivity index (χ2n) is 8.13. The zero-order valence-electron chi connectivity index (χ0n) is 21.6. The van der Waals surface area contributed by atoms with Gasteiger partial charge in [0, 0.05) is 18.7 Å². The Morgan fingerprint density at radius 1 is 1.03 bits per heavy atom. The van der Waals surface area contributed by atoms with Crippen molar-refractivity contribution in [2.75, 3.05) is 26.3 Å². The lowest BCUT2D eigenvalue weighted by Gasteiger charge is -2.20. The average Bonchev–Trinajstić information content (AvgIpc) is 3.20. The summed E-state index contributed by atoms with van der Waals surface area (Å²) >= 11 is 1.25. The highest BCUT2D eigenvalue weighted by Gasteiger charge is 2.23. The van der Waals surface area contributed by atoms with Gasteiger partial charge in [0.2, 0.25) is 10.0 Å². The first kappa shape index (κ1) is 28.5. The van der Waals surface area contributed by atoms with Crippen LogP contribution in [-0.4, -0.2) is 55.5 Å². The molecule has 0 aliphatic carbocycles. The number of benzene rings is 2. The van der Waals surface area contributed by atoms with E-state index in [0.29, 0.717) is 30.2 Å². The van der Waals surface area contributed by atoms with Gasteiger partial charge in [-0.25, -0.2) is 8.42 Å². The summed E-state index contributed by atoms with van der Waals surface area (Å²) in [6.45, 7) is 8.90. The van der Waals surface area contributed by atoms with Crippen molar-refractivity contribution in [3.8, 4) is 5.75 Å². The first-order chi connectivity index (χ1) is 17.7. The van der Waals surface area contributed by atoms with E-state index in [4.69, 9.17) is 9.47 Å². The van der Waals surface area contributed by atoms with Crippen LogP contribution in [0.2, 0.25) is 0 Å². The minimum absolute atomic E-state index is 0.101. The molecule has 0 saturated carbocycles. The van der Waals surface area contributed by atoms with Crippen LogP contribution in [0.3, 0.4) is 0 Å². The molecule has 11 heteroatoms. The van der Waals surface area contributed by atoms with E-state index in [2.05, 4.69) is 4.99 Å². The standard InChI is InChI=1S/C26H33N3O6S2/c1-5-9-16-28(6-2)37(32,33)21-13-10-19(11-14-21)25(31)27-26-29(18-24(30)35-8-4)22-15-12-20(34-7-3)17-23(22)36-26/h10-15,17H,5-9,16,18H2,1-4H3. The van der Waals surface area contributed by atoms with Gasteiger partial charge in [-0.3, -0.25) is 9.59 Å². The molecular weight excluding hydrogens is 514 g/mol. The summed E-state index contributed by atoms with van der Waals surface area (Å²) in [4.78, 5) is 30.0. The van der Waals surface area contributed by atoms with Crippen molar-refractivity contribution in [1.29, 1.82) is 0 Å². The van der Waals surface area contributed by atoms with E-state index < -0.39 is 21.9 Å². The van der Waals surface area contributed by atoms with E-state index in [1.807, 2.05) is 26.0 Å². The van der Waals surface area contributed by atoms with Gasteiger partial charge in [0.1, 0.15) is 12.3 Å². The number of nitrogens with zero attached hydrogens (tertiary/aromatic N) is 3. The highest BCUT2D eigenvalue weighted by molar-refractivity contribution is 7.89. The first-order valence-corrected chi connectivity index (χ1v) is 14.6. The van der Waals surface area contributed by atoms with Gasteiger partial charge in [-0.05, 0) is 62.7 Å². The lowest BCUT2D eigenvalue weighted by Crippen LogP contribution is -2.31. The van der Waals surface area contributed by atoms with Crippen molar-refractivity contribution in [1.82, 2.24) is 8.87 Å². The van der Waals surface area contributed by atoms with Crippen molar-refractivity contribution in [3.05, 3.63) is 52.8 Å². The number of thiazole rings is 1. The van der Waals surface area contributed by atoms with E-state index in [1.165, 1.54) is 39.9 Å². The SMILES string of the molecule is CCCCN(CC)S(=O)(=O)c1ccc(C(=O)N=c2sc3cc(OCC)ccc3n2CC(=O)OCC)cc1. The molecule has 37 heavy (non-hydrogen) atoms. The monoisotopic (exact) mass is 547 g/mol. The Labute approximate surface area is 221 Å². The number of hydrogen-bond acceptors (Lipinski definition) is 7. The lowest BCUT2D eigenvalue weighted by molar-refractivity contribution is -0.143. The number of sulfonamides is 1. The molecule has 3 aromatic rings. The number of amides is 1. The molecule has 0 N–H and O–H groups in total. The Kier molecular flexibility index (Phi) is 10.0. The van der Waals surface area contributed by atoms with E-state index in [-0.39, 0.29) is 23.6 Å². The van der Waals surface area contributed by atoms with Crippen molar-refractivity contribution in [2.24, 2.45) is 4.99 Å². The van der Waals surface area contributed by atoms with Crippen LogP contribution in [0.25, 0.3) is 10.2 Å². The van der Waals surface area contributed by atoms with Crippen LogP contribution in [0.15, 0.2) is 52.4 Å². The summed E-state index contributed by atoms with van der Waals surface area (Å²) in [7, 11) is -3.65. The molecule has 1 heterocycles. The van der Waals surface area contributed by atoms with Gasteiger partial charge in [-0.1, -0.05) is 31.6 Å². The number of esters is 1. The number of rotatable bonds is 12. The maximum absolute atomic E-state index is 13.0. The summed E-state index contributed by atoms with van der Waals surface area (Å²) in [5.41, 5.74) is 0.965. The number of carbonyl (C=O) groups is 2. The Bertz CT molecular complexity index is 1410. The molecule has 0 aliphatic rings. The topological polar surface area (TPSA) is 107 Å². The fraction of sp³-hybridized carbons (Fsp3) is 0.423. The Morgan fingerprint density at radius 3 is 2.38 bits per heavy atom. The third kappa shape index (κ3) is 6.85. The molecule has 0 spiro atoms. The number of hydrogen-bond donors (Lipinski definition) is 0. The number of fused-ring (bicyclic) bond motifs is 1. The van der Waals surface area contributed by atoms with Gasteiger partial charge in [0.25, 0.3) is 5.91 Å². The van der Waals surface area contributed by atoms with Crippen LogP contribution in [0, 0.1) is 0 Å². The van der Waals surface area contributed by atoms with Crippen molar-refractivity contribution in [2.45, 2.75) is 52.0 Å². The fourth-order valence-electron chi connectivity index (χ4n) is 3.74. The zero-order valence-corrected chi connectivity index (χ0v) is 23.2. The van der Waals surface area contributed by atoms with Gasteiger partial charge in [-0.15, -0.1) is 0 Å². The normalized spacial score (nSPS) is 12.3. The highest BCUT2D eigenvalue weighted by Crippen LogP contribution is 2.24. The van der Waals surface area contributed by atoms with Gasteiger partial charge < -0.3 is 14.0 Å². The maximum Gasteiger partial charge on any atom is 0.326 e. The molecule has 0 atom stereocenters. The molecule has 3 rings (SSSR count). The van der Waals surface area contributed by atoms with Crippen LogP contribution in [0.4, 0.5) is 0 Å². The molecule has 0 aliphatic heterocycles. The molecule has 0 unspecified atom stereocenters. The van der Waals surface area contributed by atoms with E-state index >= 15 is 0 Å². The summed E-state index contributed by atoms with van der Waals surface area (Å²) in [6.07, 6.45) is 1.66. The fourth-order valence-corrected chi connectivity index (χ4v) is 6.28. The molecule has 0 fully saturated rings. The molecule has 1 amide bonds. The van der Waals surface area contributed by atoms with Crippen molar-refractivity contribution in [3.63, 3.8) is 0 Å². The van der Waals surface area contributed by atoms with Crippen LogP contribution in [-0.2, 0) is 26.1 Å². The van der Waals surface area contributed by atoms with Crippen LogP contribution in [0.5, 0.6) is 5.75 Å². The predicted molar refractivity (Wildman–Crippen MR) is 143 cm³/mol. The number of unbranched alkanes of at least 4 members (excludes halogenated alkanes) is 1. The molecule has 200 valence electrons. The number of carbonyl (C=O) groups excluding carboxylic acids is 2. The summed E-state index contributed by atoms with van der Waals surface area (Å²) in [5.74, 6) is -0.311. The molecule has 2 aromatic carbocycles. The van der Waals surface area contributed by atoms with E-state index in [9.17, 15) is 18.0 Å². The highest BCUT2D eigenvalue weighted by atomic mass is 32.2.